The van der Waals surface area contributed by atoms with E-state index in [1.54, 1.807) is 12.1 Å². The predicted octanol–water partition coefficient (Wildman–Crippen LogP) is 2.40. The van der Waals surface area contributed by atoms with Crippen LogP contribution in [0, 0.1) is 5.82 Å². The minimum absolute atomic E-state index is 0.144. The van der Waals surface area contributed by atoms with E-state index >= 15 is 0 Å². The van der Waals surface area contributed by atoms with Crippen LogP contribution < -0.4 is 10.2 Å². The number of carbonyl (C=O) groups excluding carboxylic acids is 1. The molecule has 1 saturated carbocycles. The van der Waals surface area contributed by atoms with Crippen molar-refractivity contribution >= 4 is 11.6 Å². The topological polar surface area (TPSA) is 35.6 Å². The van der Waals surface area contributed by atoms with Gasteiger partial charge in [0, 0.05) is 37.9 Å². The van der Waals surface area contributed by atoms with Gasteiger partial charge in [0.25, 0.3) is 0 Å². The second-order valence-corrected chi connectivity index (χ2v) is 6.56. The number of halogens is 1. The summed E-state index contributed by atoms with van der Waals surface area (Å²) >= 11 is 0. The van der Waals surface area contributed by atoms with Crippen molar-refractivity contribution in [1.29, 1.82) is 0 Å². The van der Waals surface area contributed by atoms with Crippen LogP contribution in [0.3, 0.4) is 0 Å². The van der Waals surface area contributed by atoms with E-state index in [4.69, 9.17) is 0 Å². The Morgan fingerprint density at radius 2 is 1.78 bits per heavy atom. The largest absolute Gasteiger partial charge is 0.314 e. The number of amides is 1. The van der Waals surface area contributed by atoms with Crippen LogP contribution in [0.5, 0.6) is 0 Å². The monoisotopic (exact) mass is 319 g/mol. The molecule has 1 saturated heterocycles. The van der Waals surface area contributed by atoms with Crippen molar-refractivity contribution < 1.29 is 9.18 Å². The number of piperazine rings is 1. The lowest BCUT2D eigenvalue weighted by atomic mass is 9.93. The number of nitrogens with zero attached hydrogens (tertiary/aromatic N) is 2. The number of anilines is 1. The number of benzene rings is 1. The first kappa shape index (κ1) is 16.4. The molecule has 0 aromatic heterocycles. The molecule has 1 amide bonds. The van der Waals surface area contributed by atoms with E-state index in [9.17, 15) is 9.18 Å². The van der Waals surface area contributed by atoms with E-state index in [1.807, 2.05) is 4.90 Å². The second-order valence-electron chi connectivity index (χ2n) is 6.56. The normalized spacial score (nSPS) is 20.4. The molecular weight excluding hydrogens is 293 g/mol. The van der Waals surface area contributed by atoms with Gasteiger partial charge in [-0.1, -0.05) is 19.3 Å². The number of carbonyl (C=O) groups is 1. The van der Waals surface area contributed by atoms with E-state index < -0.39 is 0 Å². The van der Waals surface area contributed by atoms with E-state index in [2.05, 4.69) is 10.2 Å². The number of rotatable bonds is 4. The van der Waals surface area contributed by atoms with Gasteiger partial charge in [-0.2, -0.15) is 0 Å². The minimum Gasteiger partial charge on any atom is -0.314 e. The zero-order valence-electron chi connectivity index (χ0n) is 13.6. The molecule has 0 unspecified atom stereocenters. The van der Waals surface area contributed by atoms with Crippen LogP contribution in [-0.2, 0) is 4.79 Å². The first-order chi connectivity index (χ1) is 11.2. The average Bonchev–Trinajstić information content (AvgIpc) is 2.59. The molecular formula is C18H26FN3O. The Morgan fingerprint density at radius 1 is 1.13 bits per heavy atom. The van der Waals surface area contributed by atoms with Gasteiger partial charge in [-0.05, 0) is 37.1 Å². The summed E-state index contributed by atoms with van der Waals surface area (Å²) in [7, 11) is 0. The fourth-order valence-corrected chi connectivity index (χ4v) is 3.64. The molecule has 1 aromatic rings. The fourth-order valence-electron chi connectivity index (χ4n) is 3.64. The summed E-state index contributed by atoms with van der Waals surface area (Å²) in [6, 6.07) is 6.62. The maximum atomic E-state index is 13.2. The van der Waals surface area contributed by atoms with E-state index in [0.717, 1.165) is 44.7 Å². The highest BCUT2D eigenvalue weighted by molar-refractivity contribution is 5.95. The lowest BCUT2D eigenvalue weighted by molar-refractivity contribution is -0.120. The van der Waals surface area contributed by atoms with Gasteiger partial charge >= 0.3 is 0 Å². The molecule has 1 N–H and O–H groups in total. The summed E-state index contributed by atoms with van der Waals surface area (Å²) in [5.74, 6) is -0.114. The molecule has 0 bridgehead atoms. The highest BCUT2D eigenvalue weighted by Gasteiger charge is 2.28. The summed E-state index contributed by atoms with van der Waals surface area (Å²) in [6.07, 6.45) is 5.68. The third-order valence-corrected chi connectivity index (χ3v) is 4.88. The number of hydrogen-bond donors (Lipinski definition) is 1. The first-order valence-electron chi connectivity index (χ1n) is 8.75. The van der Waals surface area contributed by atoms with Crippen molar-refractivity contribution in [3.8, 4) is 0 Å². The van der Waals surface area contributed by atoms with E-state index in [1.165, 1.54) is 31.4 Å². The van der Waals surface area contributed by atoms with Crippen LogP contribution in [0.15, 0.2) is 24.3 Å². The second kappa shape index (κ2) is 7.88. The molecule has 0 atom stereocenters. The average molecular weight is 319 g/mol. The maximum Gasteiger partial charge on any atom is 0.241 e. The Hall–Kier alpha value is -1.46. The Morgan fingerprint density at radius 3 is 2.43 bits per heavy atom. The smallest absolute Gasteiger partial charge is 0.241 e. The van der Waals surface area contributed by atoms with Crippen LogP contribution in [0.1, 0.15) is 32.1 Å². The molecule has 4 nitrogen and oxygen atoms in total. The zero-order valence-corrected chi connectivity index (χ0v) is 13.6. The van der Waals surface area contributed by atoms with Crippen molar-refractivity contribution in [2.24, 2.45) is 0 Å². The quantitative estimate of drug-likeness (QED) is 0.926. The van der Waals surface area contributed by atoms with Crippen LogP contribution >= 0.6 is 0 Å². The molecule has 3 rings (SSSR count). The standard InChI is InChI=1S/C18H26FN3O/c19-15-6-8-17(9-7-15)22(16-4-2-1-3-5-16)18(23)14-21-12-10-20-11-13-21/h6-9,16,20H,1-5,10-14H2. The van der Waals surface area contributed by atoms with Crippen molar-refractivity contribution in [3.63, 3.8) is 0 Å². The van der Waals surface area contributed by atoms with Crippen molar-refractivity contribution in [2.75, 3.05) is 37.6 Å². The van der Waals surface area contributed by atoms with E-state index in [0.29, 0.717) is 6.54 Å². The van der Waals surface area contributed by atoms with Crippen LogP contribution in [-0.4, -0.2) is 49.6 Å². The molecule has 126 valence electrons. The summed E-state index contributed by atoms with van der Waals surface area (Å²) < 4.78 is 13.2. The van der Waals surface area contributed by atoms with Crippen LogP contribution in [0.2, 0.25) is 0 Å². The van der Waals surface area contributed by atoms with Crippen molar-refractivity contribution in [3.05, 3.63) is 30.1 Å². The van der Waals surface area contributed by atoms with Gasteiger partial charge in [0.05, 0.1) is 6.54 Å². The van der Waals surface area contributed by atoms with Gasteiger partial charge in [-0.15, -0.1) is 0 Å². The fraction of sp³-hybridized carbons (Fsp3) is 0.611. The van der Waals surface area contributed by atoms with Gasteiger partial charge in [0.1, 0.15) is 5.82 Å². The van der Waals surface area contributed by atoms with Gasteiger partial charge in [-0.3, -0.25) is 9.69 Å². The maximum absolute atomic E-state index is 13.2. The Kier molecular flexibility index (Phi) is 5.62. The number of hydrogen-bond acceptors (Lipinski definition) is 3. The third kappa shape index (κ3) is 4.30. The molecule has 1 aliphatic carbocycles. The lowest BCUT2D eigenvalue weighted by Gasteiger charge is -2.36. The summed E-state index contributed by atoms with van der Waals surface area (Å²) in [4.78, 5) is 17.1. The summed E-state index contributed by atoms with van der Waals surface area (Å²) in [6.45, 7) is 4.15. The van der Waals surface area contributed by atoms with Gasteiger partial charge < -0.3 is 10.2 Å². The Labute approximate surface area is 137 Å². The molecule has 23 heavy (non-hydrogen) atoms. The van der Waals surface area contributed by atoms with Crippen molar-refractivity contribution in [1.82, 2.24) is 10.2 Å². The molecule has 1 aliphatic heterocycles. The molecule has 5 heteroatoms. The van der Waals surface area contributed by atoms with Crippen molar-refractivity contribution in [2.45, 2.75) is 38.1 Å². The van der Waals surface area contributed by atoms with Gasteiger partial charge in [0.15, 0.2) is 0 Å². The highest BCUT2D eigenvalue weighted by atomic mass is 19.1. The summed E-state index contributed by atoms with van der Waals surface area (Å²) in [5, 5.41) is 3.31. The van der Waals surface area contributed by atoms with Crippen LogP contribution in [0.4, 0.5) is 10.1 Å². The summed E-state index contributed by atoms with van der Waals surface area (Å²) in [5.41, 5.74) is 0.832. The molecule has 2 fully saturated rings. The Balaban J connectivity index is 1.75. The third-order valence-electron chi connectivity index (χ3n) is 4.88. The zero-order chi connectivity index (χ0) is 16.1. The molecule has 2 aliphatic rings. The predicted molar refractivity (Wildman–Crippen MR) is 90.1 cm³/mol. The molecule has 1 heterocycles. The van der Waals surface area contributed by atoms with Gasteiger partial charge in [0.2, 0.25) is 5.91 Å². The van der Waals surface area contributed by atoms with Crippen LogP contribution in [0.25, 0.3) is 0 Å². The Bertz CT molecular complexity index is 508. The molecule has 0 radical (unpaired) electrons. The lowest BCUT2D eigenvalue weighted by Crippen LogP contribution is -2.51. The molecule has 0 spiro atoms. The van der Waals surface area contributed by atoms with Gasteiger partial charge in [-0.25, -0.2) is 4.39 Å². The number of nitrogens with one attached hydrogen (secondary N) is 1. The van der Waals surface area contributed by atoms with E-state index in [-0.39, 0.29) is 17.8 Å². The molecule has 1 aromatic carbocycles. The SMILES string of the molecule is O=C(CN1CCNCC1)N(c1ccc(F)cc1)C1CCCCC1. The highest BCUT2D eigenvalue weighted by Crippen LogP contribution is 2.28. The minimum atomic E-state index is -0.258. The first-order valence-corrected chi connectivity index (χ1v) is 8.75.